The third-order valence-electron chi connectivity index (χ3n) is 3.30. The van der Waals surface area contributed by atoms with Crippen molar-refractivity contribution in [2.24, 2.45) is 5.92 Å². The van der Waals surface area contributed by atoms with Crippen molar-refractivity contribution >= 4 is 11.3 Å². The number of nitrogens with zero attached hydrogens (tertiary/aromatic N) is 1. The molecule has 1 aromatic rings. The van der Waals surface area contributed by atoms with E-state index in [1.54, 1.807) is 0 Å². The summed E-state index contributed by atoms with van der Waals surface area (Å²) in [5.41, 5.74) is 1.54. The van der Waals surface area contributed by atoms with Crippen LogP contribution in [0.1, 0.15) is 57.2 Å². The van der Waals surface area contributed by atoms with Gasteiger partial charge in [-0.2, -0.15) is 0 Å². The Hall–Kier alpha value is -0.410. The van der Waals surface area contributed by atoms with Crippen molar-refractivity contribution < 1.29 is 0 Å². The molecular formula is C14H24N2S. The van der Waals surface area contributed by atoms with Crippen molar-refractivity contribution in [2.45, 2.75) is 51.9 Å². The van der Waals surface area contributed by atoms with Gasteiger partial charge in [0.15, 0.2) is 0 Å². The van der Waals surface area contributed by atoms with Crippen molar-refractivity contribution in [3.63, 3.8) is 0 Å². The zero-order chi connectivity index (χ0) is 12.5. The molecule has 2 rings (SSSR count). The maximum atomic E-state index is 4.81. The highest BCUT2D eigenvalue weighted by atomic mass is 32.1. The summed E-state index contributed by atoms with van der Waals surface area (Å²) in [6.07, 6.45) is 2.55. The molecule has 3 heteroatoms. The third kappa shape index (κ3) is 3.29. The molecule has 1 aliphatic rings. The minimum absolute atomic E-state index is 0.202. The topological polar surface area (TPSA) is 24.9 Å². The minimum atomic E-state index is 0.202. The zero-order valence-electron chi connectivity index (χ0n) is 11.4. The molecule has 2 unspecified atom stereocenters. The third-order valence-corrected chi connectivity index (χ3v) is 4.59. The quantitative estimate of drug-likeness (QED) is 0.811. The molecule has 1 aromatic heterocycles. The van der Waals surface area contributed by atoms with E-state index in [0.29, 0.717) is 0 Å². The van der Waals surface area contributed by atoms with E-state index in [1.807, 2.05) is 11.3 Å². The van der Waals surface area contributed by atoms with Gasteiger partial charge in [0.2, 0.25) is 0 Å². The first kappa shape index (κ1) is 13.0. The average Bonchev–Trinajstić information content (AvgIpc) is 2.84. The standard InChI is InChI=1S/C14H24N2S/c1-5-6-15-8-10-7-11(10)12-9-17-13(16-12)14(2,3)4/h9-11,15H,5-8H2,1-4H3. The predicted molar refractivity (Wildman–Crippen MR) is 74.8 cm³/mol. The molecule has 1 N–H and O–H groups in total. The van der Waals surface area contributed by atoms with Gasteiger partial charge < -0.3 is 5.32 Å². The molecule has 0 bridgehead atoms. The predicted octanol–water partition coefficient (Wildman–Crippen LogP) is 3.54. The number of aromatic nitrogens is 1. The van der Waals surface area contributed by atoms with Crippen molar-refractivity contribution in [3.05, 3.63) is 16.1 Å². The molecule has 0 aromatic carbocycles. The Balaban J connectivity index is 1.86. The van der Waals surface area contributed by atoms with Gasteiger partial charge in [-0.3, -0.25) is 0 Å². The fraction of sp³-hybridized carbons (Fsp3) is 0.786. The van der Waals surface area contributed by atoms with E-state index >= 15 is 0 Å². The minimum Gasteiger partial charge on any atom is -0.316 e. The van der Waals surface area contributed by atoms with Crippen LogP contribution in [-0.4, -0.2) is 18.1 Å². The summed E-state index contributed by atoms with van der Waals surface area (Å²) in [6, 6.07) is 0. The summed E-state index contributed by atoms with van der Waals surface area (Å²) in [4.78, 5) is 4.81. The number of rotatable bonds is 5. The van der Waals surface area contributed by atoms with Gasteiger partial charge in [-0.25, -0.2) is 4.98 Å². The van der Waals surface area contributed by atoms with E-state index in [0.717, 1.165) is 18.4 Å². The molecule has 1 heterocycles. The van der Waals surface area contributed by atoms with Crippen molar-refractivity contribution in [1.29, 1.82) is 0 Å². The number of hydrogen-bond donors (Lipinski definition) is 1. The molecule has 0 saturated heterocycles. The number of hydrogen-bond acceptors (Lipinski definition) is 3. The Kier molecular flexibility index (Phi) is 3.88. The molecule has 1 aliphatic carbocycles. The smallest absolute Gasteiger partial charge is 0.0981 e. The molecule has 0 amide bonds. The van der Waals surface area contributed by atoms with Crippen LogP contribution in [0.3, 0.4) is 0 Å². The largest absolute Gasteiger partial charge is 0.316 e. The second-order valence-corrected chi connectivity index (χ2v) is 6.99. The average molecular weight is 252 g/mol. The second kappa shape index (κ2) is 5.07. The highest BCUT2D eigenvalue weighted by Gasteiger charge is 2.39. The van der Waals surface area contributed by atoms with Crippen LogP contribution in [0.25, 0.3) is 0 Å². The SMILES string of the molecule is CCCNCC1CC1c1csc(C(C)(C)C)n1. The lowest BCUT2D eigenvalue weighted by Gasteiger charge is -2.13. The summed E-state index contributed by atoms with van der Waals surface area (Å²) >= 11 is 1.82. The van der Waals surface area contributed by atoms with Crippen LogP contribution in [0.5, 0.6) is 0 Å². The van der Waals surface area contributed by atoms with Crippen molar-refractivity contribution in [2.75, 3.05) is 13.1 Å². The first-order valence-electron chi connectivity index (χ1n) is 6.69. The lowest BCUT2D eigenvalue weighted by molar-refractivity contribution is 0.580. The van der Waals surface area contributed by atoms with Gasteiger partial charge in [-0.05, 0) is 31.8 Å². The van der Waals surface area contributed by atoms with E-state index in [9.17, 15) is 0 Å². The molecule has 17 heavy (non-hydrogen) atoms. The molecule has 0 radical (unpaired) electrons. The first-order chi connectivity index (χ1) is 8.02. The fourth-order valence-electron chi connectivity index (χ4n) is 2.10. The molecular weight excluding hydrogens is 228 g/mol. The van der Waals surface area contributed by atoms with Gasteiger partial charge in [-0.1, -0.05) is 27.7 Å². The number of thiazole rings is 1. The summed E-state index contributed by atoms with van der Waals surface area (Å²) in [7, 11) is 0. The molecule has 0 aliphatic heterocycles. The highest BCUT2D eigenvalue weighted by molar-refractivity contribution is 7.09. The van der Waals surface area contributed by atoms with Gasteiger partial charge in [-0.15, -0.1) is 11.3 Å². The molecule has 96 valence electrons. The molecule has 2 atom stereocenters. The van der Waals surface area contributed by atoms with E-state index in [2.05, 4.69) is 38.4 Å². The van der Waals surface area contributed by atoms with Crippen LogP contribution in [0.4, 0.5) is 0 Å². The van der Waals surface area contributed by atoms with Crippen molar-refractivity contribution in [1.82, 2.24) is 10.3 Å². The summed E-state index contributed by atoms with van der Waals surface area (Å²) in [5, 5.41) is 7.06. The van der Waals surface area contributed by atoms with Gasteiger partial charge in [0.25, 0.3) is 0 Å². The Bertz CT molecular complexity index is 365. The summed E-state index contributed by atoms with van der Waals surface area (Å²) < 4.78 is 0. The van der Waals surface area contributed by atoms with Gasteiger partial charge in [0.1, 0.15) is 0 Å². The van der Waals surface area contributed by atoms with E-state index in [-0.39, 0.29) is 5.41 Å². The van der Waals surface area contributed by atoms with Crippen LogP contribution in [0, 0.1) is 5.92 Å². The van der Waals surface area contributed by atoms with Gasteiger partial charge in [0, 0.05) is 16.7 Å². The second-order valence-electron chi connectivity index (χ2n) is 6.13. The zero-order valence-corrected chi connectivity index (χ0v) is 12.2. The normalized spacial score (nSPS) is 24.0. The molecule has 0 spiro atoms. The lowest BCUT2D eigenvalue weighted by Crippen LogP contribution is -2.18. The Morgan fingerprint density at radius 2 is 2.24 bits per heavy atom. The van der Waals surface area contributed by atoms with E-state index in [1.165, 1.54) is 30.1 Å². The fourth-order valence-corrected chi connectivity index (χ4v) is 3.07. The summed E-state index contributed by atoms with van der Waals surface area (Å²) in [5.74, 6) is 1.56. The van der Waals surface area contributed by atoms with Crippen LogP contribution in [-0.2, 0) is 5.41 Å². The molecule has 2 nitrogen and oxygen atoms in total. The highest BCUT2D eigenvalue weighted by Crippen LogP contribution is 2.47. The summed E-state index contributed by atoms with van der Waals surface area (Å²) in [6.45, 7) is 11.2. The lowest BCUT2D eigenvalue weighted by atomic mass is 9.98. The monoisotopic (exact) mass is 252 g/mol. The first-order valence-corrected chi connectivity index (χ1v) is 7.57. The van der Waals surface area contributed by atoms with Crippen LogP contribution in [0.15, 0.2) is 5.38 Å². The van der Waals surface area contributed by atoms with E-state index in [4.69, 9.17) is 4.98 Å². The van der Waals surface area contributed by atoms with Crippen LogP contribution < -0.4 is 5.32 Å². The molecule has 1 fully saturated rings. The molecule has 1 saturated carbocycles. The Morgan fingerprint density at radius 3 is 2.82 bits per heavy atom. The van der Waals surface area contributed by atoms with Crippen molar-refractivity contribution in [3.8, 4) is 0 Å². The van der Waals surface area contributed by atoms with Gasteiger partial charge >= 0.3 is 0 Å². The van der Waals surface area contributed by atoms with E-state index < -0.39 is 0 Å². The number of nitrogens with one attached hydrogen (secondary N) is 1. The maximum Gasteiger partial charge on any atom is 0.0981 e. The van der Waals surface area contributed by atoms with Gasteiger partial charge in [0.05, 0.1) is 10.7 Å². The van der Waals surface area contributed by atoms with Crippen LogP contribution >= 0.6 is 11.3 Å². The maximum absolute atomic E-state index is 4.81. The Labute approximate surface area is 109 Å². The van der Waals surface area contributed by atoms with Crippen LogP contribution in [0.2, 0.25) is 0 Å². The Morgan fingerprint density at radius 1 is 1.47 bits per heavy atom.